The van der Waals surface area contributed by atoms with Crippen LogP contribution in [0.15, 0.2) is 0 Å². The standard InChI is InChI=1S/C13H23NO4/c1-4-6-11(15)18-13(3)7-9-14(10-8-13)12(16)17-5-2/h4-10H2,1-3H3. The van der Waals surface area contributed by atoms with E-state index in [2.05, 4.69) is 0 Å². The van der Waals surface area contributed by atoms with Crippen molar-refractivity contribution in [1.82, 2.24) is 4.90 Å². The number of likely N-dealkylation sites (tertiary alicyclic amines) is 1. The summed E-state index contributed by atoms with van der Waals surface area (Å²) in [5, 5.41) is 0. The van der Waals surface area contributed by atoms with E-state index in [1.165, 1.54) is 0 Å². The van der Waals surface area contributed by atoms with Gasteiger partial charge in [-0.2, -0.15) is 0 Å². The fourth-order valence-corrected chi connectivity index (χ4v) is 2.01. The number of carbonyl (C=O) groups excluding carboxylic acids is 2. The molecule has 0 atom stereocenters. The van der Waals surface area contributed by atoms with Gasteiger partial charge in [-0.05, 0) is 20.3 Å². The lowest BCUT2D eigenvalue weighted by atomic mass is 9.93. The van der Waals surface area contributed by atoms with E-state index in [1.54, 1.807) is 11.8 Å². The van der Waals surface area contributed by atoms with Crippen LogP contribution in [0.5, 0.6) is 0 Å². The molecule has 1 heterocycles. The summed E-state index contributed by atoms with van der Waals surface area (Å²) in [6.07, 6.45) is 2.31. The molecule has 0 saturated carbocycles. The first kappa shape index (κ1) is 14.8. The summed E-state index contributed by atoms with van der Waals surface area (Å²) < 4.78 is 10.4. The van der Waals surface area contributed by atoms with Crippen LogP contribution >= 0.6 is 0 Å². The molecule has 5 nitrogen and oxygen atoms in total. The first-order valence-electron chi connectivity index (χ1n) is 6.64. The Balaban J connectivity index is 2.41. The summed E-state index contributed by atoms with van der Waals surface area (Å²) in [7, 11) is 0. The van der Waals surface area contributed by atoms with E-state index in [4.69, 9.17) is 9.47 Å². The Kier molecular flexibility index (Phi) is 5.44. The van der Waals surface area contributed by atoms with Crippen molar-refractivity contribution < 1.29 is 19.1 Å². The number of nitrogens with zero attached hydrogens (tertiary/aromatic N) is 1. The van der Waals surface area contributed by atoms with Crippen LogP contribution in [-0.2, 0) is 14.3 Å². The molecular formula is C13H23NO4. The Morgan fingerprint density at radius 1 is 1.22 bits per heavy atom. The molecule has 0 spiro atoms. The fraction of sp³-hybridized carbons (Fsp3) is 0.846. The summed E-state index contributed by atoms with van der Waals surface area (Å²) in [5.41, 5.74) is -0.435. The molecule has 0 bridgehead atoms. The van der Waals surface area contributed by atoms with Crippen LogP contribution in [0.1, 0.15) is 46.5 Å². The van der Waals surface area contributed by atoms with Crippen LogP contribution in [0.2, 0.25) is 0 Å². The Bertz CT molecular complexity index is 295. The molecule has 0 aromatic carbocycles. The second-order valence-electron chi connectivity index (χ2n) is 4.86. The van der Waals surface area contributed by atoms with Gasteiger partial charge in [0.2, 0.25) is 0 Å². The lowest BCUT2D eigenvalue weighted by Crippen LogP contribution is -2.47. The van der Waals surface area contributed by atoms with Crippen LogP contribution in [0.25, 0.3) is 0 Å². The van der Waals surface area contributed by atoms with Crippen molar-refractivity contribution in [1.29, 1.82) is 0 Å². The SMILES string of the molecule is CCCC(=O)OC1(C)CCN(C(=O)OCC)CC1. The first-order valence-corrected chi connectivity index (χ1v) is 6.64. The van der Waals surface area contributed by atoms with E-state index in [9.17, 15) is 9.59 Å². The molecule has 1 rings (SSSR count). The molecule has 1 fully saturated rings. The fourth-order valence-electron chi connectivity index (χ4n) is 2.01. The third-order valence-corrected chi connectivity index (χ3v) is 3.16. The van der Waals surface area contributed by atoms with E-state index in [0.717, 1.165) is 6.42 Å². The van der Waals surface area contributed by atoms with Crippen LogP contribution < -0.4 is 0 Å². The van der Waals surface area contributed by atoms with E-state index in [-0.39, 0.29) is 12.1 Å². The van der Waals surface area contributed by atoms with Gasteiger partial charge in [-0.25, -0.2) is 4.79 Å². The zero-order chi connectivity index (χ0) is 13.6. The molecule has 0 aliphatic carbocycles. The number of rotatable bonds is 4. The van der Waals surface area contributed by atoms with Crippen LogP contribution in [0.4, 0.5) is 4.79 Å². The highest BCUT2D eigenvalue weighted by Gasteiger charge is 2.35. The number of ether oxygens (including phenoxy) is 2. The Morgan fingerprint density at radius 3 is 2.33 bits per heavy atom. The van der Waals surface area contributed by atoms with Crippen molar-refractivity contribution in [3.8, 4) is 0 Å². The van der Waals surface area contributed by atoms with Gasteiger partial charge in [0.15, 0.2) is 0 Å². The summed E-state index contributed by atoms with van der Waals surface area (Å²) >= 11 is 0. The molecule has 1 aliphatic rings. The lowest BCUT2D eigenvalue weighted by Gasteiger charge is -2.38. The second-order valence-corrected chi connectivity index (χ2v) is 4.86. The van der Waals surface area contributed by atoms with Gasteiger partial charge in [-0.15, -0.1) is 0 Å². The van der Waals surface area contributed by atoms with Crippen molar-refractivity contribution in [3.63, 3.8) is 0 Å². The third-order valence-electron chi connectivity index (χ3n) is 3.16. The van der Waals surface area contributed by atoms with Crippen molar-refractivity contribution in [2.45, 2.75) is 52.1 Å². The molecule has 1 aliphatic heterocycles. The maximum Gasteiger partial charge on any atom is 0.409 e. The number of piperidine rings is 1. The number of amides is 1. The molecule has 104 valence electrons. The van der Waals surface area contributed by atoms with Gasteiger partial charge in [0.1, 0.15) is 5.60 Å². The van der Waals surface area contributed by atoms with Crippen LogP contribution in [-0.4, -0.2) is 42.3 Å². The zero-order valence-electron chi connectivity index (χ0n) is 11.5. The maximum absolute atomic E-state index is 11.5. The molecule has 1 saturated heterocycles. The summed E-state index contributed by atoms with van der Waals surface area (Å²) in [6.45, 7) is 7.22. The molecule has 0 N–H and O–H groups in total. The highest BCUT2D eigenvalue weighted by atomic mass is 16.6. The van der Waals surface area contributed by atoms with Crippen LogP contribution in [0, 0.1) is 0 Å². The van der Waals surface area contributed by atoms with Gasteiger partial charge in [0, 0.05) is 32.4 Å². The normalized spacial score (nSPS) is 18.3. The molecule has 5 heteroatoms. The zero-order valence-corrected chi connectivity index (χ0v) is 11.5. The van der Waals surface area contributed by atoms with Gasteiger partial charge >= 0.3 is 12.1 Å². The van der Waals surface area contributed by atoms with Crippen LogP contribution in [0.3, 0.4) is 0 Å². The van der Waals surface area contributed by atoms with E-state index in [1.807, 2.05) is 13.8 Å². The smallest absolute Gasteiger partial charge is 0.409 e. The number of esters is 1. The van der Waals surface area contributed by atoms with Crippen molar-refractivity contribution in [2.24, 2.45) is 0 Å². The topological polar surface area (TPSA) is 55.8 Å². The highest BCUT2D eigenvalue weighted by Crippen LogP contribution is 2.26. The molecule has 0 radical (unpaired) electrons. The van der Waals surface area contributed by atoms with Crippen molar-refractivity contribution >= 4 is 12.1 Å². The van der Waals surface area contributed by atoms with Gasteiger partial charge in [0.05, 0.1) is 6.61 Å². The van der Waals surface area contributed by atoms with E-state index >= 15 is 0 Å². The van der Waals surface area contributed by atoms with Crippen molar-refractivity contribution in [2.75, 3.05) is 19.7 Å². The Morgan fingerprint density at radius 2 is 1.83 bits per heavy atom. The minimum atomic E-state index is -0.435. The quantitative estimate of drug-likeness (QED) is 0.725. The predicted molar refractivity (Wildman–Crippen MR) is 67.2 cm³/mol. The monoisotopic (exact) mass is 257 g/mol. The Labute approximate surface area is 108 Å². The summed E-state index contributed by atoms with van der Waals surface area (Å²) in [5.74, 6) is -0.149. The van der Waals surface area contributed by atoms with Gasteiger partial charge in [-0.1, -0.05) is 6.92 Å². The third kappa shape index (κ3) is 4.20. The first-order chi connectivity index (χ1) is 8.50. The average molecular weight is 257 g/mol. The largest absolute Gasteiger partial charge is 0.459 e. The van der Waals surface area contributed by atoms with Gasteiger partial charge in [-0.3, -0.25) is 4.79 Å². The summed E-state index contributed by atoms with van der Waals surface area (Å²) in [4.78, 5) is 24.7. The predicted octanol–water partition coefficient (Wildman–Crippen LogP) is 2.34. The molecule has 0 aromatic heterocycles. The Hall–Kier alpha value is -1.26. The highest BCUT2D eigenvalue weighted by molar-refractivity contribution is 5.70. The molecule has 0 aromatic rings. The minimum absolute atomic E-state index is 0.149. The molecule has 18 heavy (non-hydrogen) atoms. The molecular weight excluding hydrogens is 234 g/mol. The van der Waals surface area contributed by atoms with Gasteiger partial charge < -0.3 is 14.4 Å². The van der Waals surface area contributed by atoms with Crippen molar-refractivity contribution in [3.05, 3.63) is 0 Å². The minimum Gasteiger partial charge on any atom is -0.459 e. The average Bonchev–Trinajstić information content (AvgIpc) is 2.29. The maximum atomic E-state index is 11.5. The summed E-state index contributed by atoms with van der Waals surface area (Å²) in [6, 6.07) is 0. The molecule has 1 amide bonds. The second kappa shape index (κ2) is 6.61. The number of carbonyl (C=O) groups is 2. The van der Waals surface area contributed by atoms with E-state index in [0.29, 0.717) is 39.0 Å². The number of hydrogen-bond donors (Lipinski definition) is 0. The lowest BCUT2D eigenvalue weighted by molar-refractivity contribution is -0.162. The van der Waals surface area contributed by atoms with Gasteiger partial charge in [0.25, 0.3) is 0 Å². The number of hydrogen-bond acceptors (Lipinski definition) is 4. The molecule has 0 unspecified atom stereocenters. The van der Waals surface area contributed by atoms with E-state index < -0.39 is 5.60 Å².